The van der Waals surface area contributed by atoms with Crippen molar-refractivity contribution in [2.24, 2.45) is 0 Å². The summed E-state index contributed by atoms with van der Waals surface area (Å²) in [4.78, 5) is 6.82. The maximum absolute atomic E-state index is 9.12. The van der Waals surface area contributed by atoms with Crippen molar-refractivity contribution in [2.75, 3.05) is 0 Å². The summed E-state index contributed by atoms with van der Waals surface area (Å²) in [6, 6.07) is 4.82. The number of aromatic hydroxyl groups is 1. The zero-order chi connectivity index (χ0) is 9.26. The summed E-state index contributed by atoms with van der Waals surface area (Å²) in [7, 11) is 0. The van der Waals surface area contributed by atoms with Crippen LogP contribution in [0.2, 0.25) is 5.02 Å². The second-order valence-electron chi connectivity index (χ2n) is 2.63. The number of hydrogen-bond donors (Lipinski definition) is 2. The number of imidazole rings is 1. The van der Waals surface area contributed by atoms with Gasteiger partial charge in [0.15, 0.2) is 0 Å². The van der Waals surface area contributed by atoms with E-state index in [2.05, 4.69) is 9.97 Å². The molecule has 66 valence electrons. The van der Waals surface area contributed by atoms with Crippen LogP contribution in [0.15, 0.2) is 30.7 Å². The standard InChI is InChI=1S/C9H7ClN2O/c10-8-3-6(13)1-2-7(8)9-4-11-5-12-9/h1-5,13H,(H,11,12). The average Bonchev–Trinajstić information content (AvgIpc) is 2.56. The highest BCUT2D eigenvalue weighted by Gasteiger charge is 2.04. The highest BCUT2D eigenvalue weighted by molar-refractivity contribution is 6.33. The molecule has 0 atom stereocenters. The van der Waals surface area contributed by atoms with Crippen LogP contribution < -0.4 is 0 Å². The van der Waals surface area contributed by atoms with Crippen molar-refractivity contribution in [1.82, 2.24) is 9.97 Å². The summed E-state index contributed by atoms with van der Waals surface area (Å²) in [5, 5.41) is 9.63. The Morgan fingerprint density at radius 2 is 2.23 bits per heavy atom. The van der Waals surface area contributed by atoms with Crippen molar-refractivity contribution < 1.29 is 5.11 Å². The Kier molecular flexibility index (Phi) is 1.94. The van der Waals surface area contributed by atoms with E-state index in [0.29, 0.717) is 5.02 Å². The molecule has 0 amide bonds. The highest BCUT2D eigenvalue weighted by atomic mass is 35.5. The average molecular weight is 195 g/mol. The first-order valence-corrected chi connectivity index (χ1v) is 4.12. The number of hydrogen-bond acceptors (Lipinski definition) is 2. The molecule has 0 radical (unpaired) electrons. The van der Waals surface area contributed by atoms with Crippen molar-refractivity contribution in [1.29, 1.82) is 0 Å². The Balaban J connectivity index is 2.53. The summed E-state index contributed by atoms with van der Waals surface area (Å²) in [5.74, 6) is 0.160. The Labute approximate surface area is 80.0 Å². The lowest BCUT2D eigenvalue weighted by molar-refractivity contribution is 0.475. The second-order valence-corrected chi connectivity index (χ2v) is 3.04. The molecule has 0 saturated carbocycles. The third-order valence-electron chi connectivity index (χ3n) is 1.74. The molecule has 1 aromatic carbocycles. The minimum absolute atomic E-state index is 0.160. The van der Waals surface area contributed by atoms with Crippen LogP contribution >= 0.6 is 11.6 Å². The molecule has 2 aromatic rings. The van der Waals surface area contributed by atoms with Crippen molar-refractivity contribution in [3.8, 4) is 17.0 Å². The van der Waals surface area contributed by atoms with Gasteiger partial charge in [0.2, 0.25) is 0 Å². The molecule has 3 nitrogen and oxygen atoms in total. The molecule has 13 heavy (non-hydrogen) atoms. The lowest BCUT2D eigenvalue weighted by Gasteiger charge is -2.00. The molecular formula is C9H7ClN2O. The van der Waals surface area contributed by atoms with E-state index in [1.165, 1.54) is 6.07 Å². The zero-order valence-corrected chi connectivity index (χ0v) is 7.42. The minimum Gasteiger partial charge on any atom is -0.508 e. The van der Waals surface area contributed by atoms with E-state index in [4.69, 9.17) is 16.7 Å². The van der Waals surface area contributed by atoms with Gasteiger partial charge in [0, 0.05) is 5.56 Å². The molecule has 0 aliphatic heterocycles. The first-order chi connectivity index (χ1) is 6.27. The Morgan fingerprint density at radius 1 is 1.38 bits per heavy atom. The van der Waals surface area contributed by atoms with E-state index in [1.54, 1.807) is 24.7 Å². The number of aromatic amines is 1. The highest BCUT2D eigenvalue weighted by Crippen LogP contribution is 2.28. The molecule has 1 heterocycles. The van der Waals surface area contributed by atoms with E-state index in [1.807, 2.05) is 0 Å². The first kappa shape index (κ1) is 8.13. The van der Waals surface area contributed by atoms with Gasteiger partial charge in [-0.3, -0.25) is 0 Å². The van der Waals surface area contributed by atoms with Gasteiger partial charge < -0.3 is 10.1 Å². The van der Waals surface area contributed by atoms with Crippen molar-refractivity contribution >= 4 is 11.6 Å². The fourth-order valence-electron chi connectivity index (χ4n) is 1.13. The lowest BCUT2D eigenvalue weighted by atomic mass is 10.1. The van der Waals surface area contributed by atoms with Gasteiger partial charge in [-0.2, -0.15) is 0 Å². The molecule has 2 rings (SSSR count). The number of phenols is 1. The van der Waals surface area contributed by atoms with Crippen molar-refractivity contribution in [3.63, 3.8) is 0 Å². The van der Waals surface area contributed by atoms with Crippen LogP contribution in [-0.2, 0) is 0 Å². The van der Waals surface area contributed by atoms with Gasteiger partial charge in [-0.1, -0.05) is 11.6 Å². The van der Waals surface area contributed by atoms with E-state index >= 15 is 0 Å². The maximum atomic E-state index is 9.12. The molecule has 0 bridgehead atoms. The summed E-state index contributed by atoms with van der Waals surface area (Å²) < 4.78 is 0. The molecule has 1 aromatic heterocycles. The SMILES string of the molecule is Oc1ccc(-c2cnc[nH]2)c(Cl)c1. The monoisotopic (exact) mass is 194 g/mol. The zero-order valence-electron chi connectivity index (χ0n) is 6.66. The van der Waals surface area contributed by atoms with Gasteiger partial charge >= 0.3 is 0 Å². The number of nitrogens with one attached hydrogen (secondary N) is 1. The van der Waals surface area contributed by atoms with E-state index in [9.17, 15) is 0 Å². The maximum Gasteiger partial charge on any atom is 0.117 e. The van der Waals surface area contributed by atoms with Crippen molar-refractivity contribution in [2.45, 2.75) is 0 Å². The smallest absolute Gasteiger partial charge is 0.117 e. The second kappa shape index (κ2) is 3.11. The van der Waals surface area contributed by atoms with Crippen LogP contribution in [0.3, 0.4) is 0 Å². The third kappa shape index (κ3) is 1.51. The minimum atomic E-state index is 0.160. The number of rotatable bonds is 1. The van der Waals surface area contributed by atoms with Crippen LogP contribution in [0.1, 0.15) is 0 Å². The van der Waals surface area contributed by atoms with E-state index in [-0.39, 0.29) is 5.75 Å². The van der Waals surface area contributed by atoms with Crippen LogP contribution in [-0.4, -0.2) is 15.1 Å². The van der Waals surface area contributed by atoms with E-state index in [0.717, 1.165) is 11.3 Å². The summed E-state index contributed by atoms with van der Waals surface area (Å²) in [6.45, 7) is 0. The molecule has 0 fully saturated rings. The van der Waals surface area contributed by atoms with Crippen molar-refractivity contribution in [3.05, 3.63) is 35.7 Å². The normalized spacial score (nSPS) is 10.2. The van der Waals surface area contributed by atoms with Gasteiger partial charge in [-0.15, -0.1) is 0 Å². The van der Waals surface area contributed by atoms with Crippen LogP contribution in [0, 0.1) is 0 Å². The first-order valence-electron chi connectivity index (χ1n) is 3.74. The van der Waals surface area contributed by atoms with Crippen LogP contribution in [0.4, 0.5) is 0 Å². The largest absolute Gasteiger partial charge is 0.508 e. The molecule has 4 heteroatoms. The topological polar surface area (TPSA) is 48.9 Å². The molecule has 0 saturated heterocycles. The van der Waals surface area contributed by atoms with E-state index < -0.39 is 0 Å². The predicted octanol–water partition coefficient (Wildman–Crippen LogP) is 2.44. The molecular weight excluding hydrogens is 188 g/mol. The Hall–Kier alpha value is -1.48. The molecule has 0 aliphatic rings. The Morgan fingerprint density at radius 3 is 2.85 bits per heavy atom. The quantitative estimate of drug-likeness (QED) is 0.733. The molecule has 2 N–H and O–H groups in total. The van der Waals surface area contributed by atoms with Gasteiger partial charge in [-0.05, 0) is 18.2 Å². The summed E-state index contributed by atoms with van der Waals surface area (Å²) >= 11 is 5.91. The van der Waals surface area contributed by atoms with Gasteiger partial charge in [0.05, 0.1) is 23.2 Å². The Bertz CT molecular complexity index is 412. The fraction of sp³-hybridized carbons (Fsp3) is 0. The van der Waals surface area contributed by atoms with Gasteiger partial charge in [0.25, 0.3) is 0 Å². The number of H-pyrrole nitrogens is 1. The number of halogens is 1. The van der Waals surface area contributed by atoms with Gasteiger partial charge in [-0.25, -0.2) is 4.98 Å². The van der Waals surface area contributed by atoms with Crippen LogP contribution in [0.25, 0.3) is 11.3 Å². The number of phenolic OH excluding ortho intramolecular Hbond substituents is 1. The number of aromatic nitrogens is 2. The summed E-state index contributed by atoms with van der Waals surface area (Å²) in [5.41, 5.74) is 1.67. The van der Waals surface area contributed by atoms with Gasteiger partial charge in [0.1, 0.15) is 5.75 Å². The van der Waals surface area contributed by atoms with Crippen LogP contribution in [0.5, 0.6) is 5.75 Å². The third-order valence-corrected chi connectivity index (χ3v) is 2.05. The number of benzene rings is 1. The summed E-state index contributed by atoms with van der Waals surface area (Å²) in [6.07, 6.45) is 3.26. The molecule has 0 spiro atoms. The number of nitrogens with zero attached hydrogens (tertiary/aromatic N) is 1. The fourth-order valence-corrected chi connectivity index (χ4v) is 1.40. The lowest BCUT2D eigenvalue weighted by Crippen LogP contribution is -1.78. The predicted molar refractivity (Wildman–Crippen MR) is 50.7 cm³/mol. The molecule has 0 aliphatic carbocycles. The molecule has 0 unspecified atom stereocenters.